The molecule has 0 amide bonds. The largest absolute Gasteiger partial charge is 0.375 e. The average Bonchev–Trinajstić information content (AvgIpc) is 2.39. The third-order valence-corrected chi connectivity index (χ3v) is 3.43. The first-order chi connectivity index (χ1) is 8.75. The van der Waals surface area contributed by atoms with E-state index < -0.39 is 0 Å². The predicted molar refractivity (Wildman–Crippen MR) is 79.5 cm³/mol. The molecule has 1 aliphatic carbocycles. The Morgan fingerprint density at radius 2 is 2.11 bits per heavy atom. The van der Waals surface area contributed by atoms with E-state index in [9.17, 15) is 0 Å². The number of rotatable bonds is 3. The van der Waals surface area contributed by atoms with E-state index in [-0.39, 0.29) is 5.11 Å². The van der Waals surface area contributed by atoms with Crippen LogP contribution in [0.5, 0.6) is 0 Å². The van der Waals surface area contributed by atoms with Crippen LogP contribution in [0.4, 0.5) is 0 Å². The van der Waals surface area contributed by atoms with Gasteiger partial charge in [0.25, 0.3) is 0 Å². The molecule has 0 saturated heterocycles. The molecule has 1 atom stereocenters. The fourth-order valence-electron chi connectivity index (χ4n) is 2.46. The lowest BCUT2D eigenvalue weighted by Gasteiger charge is -2.24. The van der Waals surface area contributed by atoms with E-state index >= 15 is 0 Å². The number of hydrogen-bond acceptors (Lipinski definition) is 2. The number of hydrogen-bond donors (Lipinski definition) is 2. The quantitative estimate of drug-likeness (QED) is 0.649. The lowest BCUT2D eigenvalue weighted by molar-refractivity contribution is 0.520. The van der Waals surface area contributed by atoms with Crippen LogP contribution >= 0.6 is 12.2 Å². The maximum atomic E-state index is 5.42. The fraction of sp³-hybridized carbons (Fsp3) is 0.429. The van der Waals surface area contributed by atoms with Crippen molar-refractivity contribution in [2.75, 3.05) is 0 Å². The number of nitrogens with zero attached hydrogens (tertiary/aromatic N) is 1. The standard InChI is InChI=1S/C14H19N3S/c15-14(18)17-16-13-9-5-4-8-12(13)10-11-6-2-1-3-7-11/h1-3,6-7,12H,4-5,8-10H2,(H3,15,17,18)/b16-13+. The Morgan fingerprint density at radius 3 is 2.83 bits per heavy atom. The molecule has 0 heterocycles. The van der Waals surface area contributed by atoms with Gasteiger partial charge in [-0.15, -0.1) is 0 Å². The molecule has 1 aromatic carbocycles. The van der Waals surface area contributed by atoms with Gasteiger partial charge in [-0.1, -0.05) is 36.8 Å². The molecule has 4 heteroatoms. The van der Waals surface area contributed by atoms with Crippen LogP contribution in [0.3, 0.4) is 0 Å². The van der Waals surface area contributed by atoms with Crippen molar-refractivity contribution < 1.29 is 0 Å². The van der Waals surface area contributed by atoms with Crippen LogP contribution in [0.15, 0.2) is 35.4 Å². The van der Waals surface area contributed by atoms with Crippen molar-refractivity contribution in [3.8, 4) is 0 Å². The van der Waals surface area contributed by atoms with Gasteiger partial charge in [0.05, 0.1) is 0 Å². The van der Waals surface area contributed by atoms with Gasteiger partial charge in [0.15, 0.2) is 5.11 Å². The topological polar surface area (TPSA) is 50.4 Å². The van der Waals surface area contributed by atoms with E-state index in [2.05, 4.69) is 34.8 Å². The molecule has 1 fully saturated rings. The summed E-state index contributed by atoms with van der Waals surface area (Å²) in [4.78, 5) is 0. The van der Waals surface area contributed by atoms with Crippen molar-refractivity contribution in [2.45, 2.75) is 32.1 Å². The Labute approximate surface area is 113 Å². The van der Waals surface area contributed by atoms with Crippen LogP contribution in [0, 0.1) is 5.92 Å². The second-order valence-electron chi connectivity index (χ2n) is 4.71. The zero-order chi connectivity index (χ0) is 12.8. The van der Waals surface area contributed by atoms with E-state index in [1.54, 1.807) is 0 Å². The first-order valence-corrected chi connectivity index (χ1v) is 6.82. The molecule has 96 valence electrons. The van der Waals surface area contributed by atoms with Crippen molar-refractivity contribution in [3.63, 3.8) is 0 Å². The molecule has 0 aliphatic heterocycles. The summed E-state index contributed by atoms with van der Waals surface area (Å²) in [7, 11) is 0. The molecule has 18 heavy (non-hydrogen) atoms. The second-order valence-corrected chi connectivity index (χ2v) is 5.15. The Bertz CT molecular complexity index is 428. The highest BCUT2D eigenvalue weighted by Gasteiger charge is 2.20. The average molecular weight is 261 g/mol. The van der Waals surface area contributed by atoms with Gasteiger partial charge in [0.1, 0.15) is 0 Å². The maximum Gasteiger partial charge on any atom is 0.184 e. The summed E-state index contributed by atoms with van der Waals surface area (Å²) in [6.07, 6.45) is 5.80. The van der Waals surface area contributed by atoms with E-state index in [4.69, 9.17) is 18.0 Å². The van der Waals surface area contributed by atoms with Gasteiger partial charge in [-0.2, -0.15) is 5.10 Å². The highest BCUT2D eigenvalue weighted by atomic mass is 32.1. The van der Waals surface area contributed by atoms with Crippen LogP contribution in [0.1, 0.15) is 31.2 Å². The van der Waals surface area contributed by atoms with E-state index in [0.29, 0.717) is 5.92 Å². The van der Waals surface area contributed by atoms with Crippen LogP contribution in [0.25, 0.3) is 0 Å². The fourth-order valence-corrected chi connectivity index (χ4v) is 2.51. The van der Waals surface area contributed by atoms with Gasteiger partial charge in [-0.05, 0) is 43.5 Å². The van der Waals surface area contributed by atoms with Crippen LogP contribution in [-0.2, 0) is 6.42 Å². The molecule has 0 spiro atoms. The molecule has 3 nitrogen and oxygen atoms in total. The monoisotopic (exact) mass is 261 g/mol. The Kier molecular flexibility index (Phi) is 4.70. The Morgan fingerprint density at radius 1 is 1.33 bits per heavy atom. The van der Waals surface area contributed by atoms with Crippen molar-refractivity contribution in [1.29, 1.82) is 0 Å². The van der Waals surface area contributed by atoms with Gasteiger partial charge in [-0.25, -0.2) is 0 Å². The lowest BCUT2D eigenvalue weighted by Crippen LogP contribution is -2.29. The zero-order valence-electron chi connectivity index (χ0n) is 10.4. The second kappa shape index (κ2) is 6.50. The molecule has 0 aromatic heterocycles. The highest BCUT2D eigenvalue weighted by Crippen LogP contribution is 2.25. The van der Waals surface area contributed by atoms with Crippen LogP contribution in [-0.4, -0.2) is 10.8 Å². The number of nitrogens with one attached hydrogen (secondary N) is 1. The van der Waals surface area contributed by atoms with Gasteiger partial charge in [0, 0.05) is 11.6 Å². The van der Waals surface area contributed by atoms with E-state index in [1.165, 1.54) is 30.5 Å². The third-order valence-electron chi connectivity index (χ3n) is 3.34. The minimum atomic E-state index is 0.242. The summed E-state index contributed by atoms with van der Waals surface area (Å²) < 4.78 is 0. The molecular weight excluding hydrogens is 242 g/mol. The molecule has 1 aliphatic rings. The van der Waals surface area contributed by atoms with E-state index in [0.717, 1.165) is 12.8 Å². The van der Waals surface area contributed by atoms with Crippen molar-refractivity contribution in [2.24, 2.45) is 16.8 Å². The molecule has 2 rings (SSSR count). The van der Waals surface area contributed by atoms with Gasteiger partial charge in [-0.3, -0.25) is 5.43 Å². The number of thiocarbonyl (C=S) groups is 1. The minimum absolute atomic E-state index is 0.242. The predicted octanol–water partition coefficient (Wildman–Crippen LogP) is 2.61. The lowest BCUT2D eigenvalue weighted by atomic mass is 9.83. The van der Waals surface area contributed by atoms with Gasteiger partial charge in [0.2, 0.25) is 0 Å². The Balaban J connectivity index is 2.04. The summed E-state index contributed by atoms with van der Waals surface area (Å²) in [6, 6.07) is 10.6. The first-order valence-electron chi connectivity index (χ1n) is 6.41. The summed E-state index contributed by atoms with van der Waals surface area (Å²) in [5.41, 5.74) is 10.7. The summed E-state index contributed by atoms with van der Waals surface area (Å²) in [5.74, 6) is 0.517. The van der Waals surface area contributed by atoms with Crippen molar-refractivity contribution in [3.05, 3.63) is 35.9 Å². The molecular formula is C14H19N3S. The number of hydrazone groups is 1. The number of nitrogens with two attached hydrogens (primary N) is 1. The molecule has 1 unspecified atom stereocenters. The van der Waals surface area contributed by atoms with E-state index in [1.807, 2.05) is 6.07 Å². The van der Waals surface area contributed by atoms with Crippen LogP contribution in [0.2, 0.25) is 0 Å². The van der Waals surface area contributed by atoms with Crippen molar-refractivity contribution in [1.82, 2.24) is 5.43 Å². The molecule has 1 aromatic rings. The molecule has 3 N–H and O–H groups in total. The Hall–Kier alpha value is -1.42. The molecule has 0 bridgehead atoms. The molecule has 0 radical (unpaired) electrons. The SMILES string of the molecule is NC(=S)N/N=C1\CCCCC1Cc1ccccc1. The molecule has 1 saturated carbocycles. The van der Waals surface area contributed by atoms with Gasteiger partial charge >= 0.3 is 0 Å². The number of benzene rings is 1. The minimum Gasteiger partial charge on any atom is -0.375 e. The van der Waals surface area contributed by atoms with Crippen LogP contribution < -0.4 is 11.2 Å². The smallest absolute Gasteiger partial charge is 0.184 e. The summed E-state index contributed by atoms with van der Waals surface area (Å²) in [5, 5.41) is 4.60. The zero-order valence-corrected chi connectivity index (χ0v) is 11.2. The normalized spacial score (nSPS) is 21.8. The first kappa shape index (κ1) is 13.0. The summed E-state index contributed by atoms with van der Waals surface area (Å²) in [6.45, 7) is 0. The highest BCUT2D eigenvalue weighted by molar-refractivity contribution is 7.80. The van der Waals surface area contributed by atoms with Gasteiger partial charge < -0.3 is 5.73 Å². The maximum absolute atomic E-state index is 5.42. The summed E-state index contributed by atoms with van der Waals surface area (Å²) >= 11 is 4.79. The van der Waals surface area contributed by atoms with Crippen molar-refractivity contribution >= 4 is 23.0 Å². The third kappa shape index (κ3) is 3.81.